The monoisotopic (exact) mass is 548 g/mol. The molecule has 2 N–H and O–H groups in total. The molecular formula is C22H31F2IN4O2. The number of hydrogen-bond acceptors (Lipinski definition) is 3. The van der Waals surface area contributed by atoms with Gasteiger partial charge in [0.25, 0.3) is 5.56 Å². The zero-order chi connectivity index (χ0) is 21.9. The maximum absolute atomic E-state index is 12.6. The molecule has 0 saturated heterocycles. The summed E-state index contributed by atoms with van der Waals surface area (Å²) in [6.45, 7) is 5.15. The van der Waals surface area contributed by atoms with Gasteiger partial charge in [-0.2, -0.15) is 8.78 Å². The van der Waals surface area contributed by atoms with Crippen molar-refractivity contribution in [2.45, 2.75) is 53.3 Å². The topological polar surface area (TPSA) is 67.7 Å². The van der Waals surface area contributed by atoms with E-state index >= 15 is 0 Å². The van der Waals surface area contributed by atoms with Crippen molar-refractivity contribution in [1.29, 1.82) is 0 Å². The van der Waals surface area contributed by atoms with Gasteiger partial charge in [0.05, 0.1) is 6.54 Å². The van der Waals surface area contributed by atoms with Gasteiger partial charge in [0.15, 0.2) is 5.96 Å². The molecule has 6 nitrogen and oxygen atoms in total. The molecule has 0 aliphatic heterocycles. The second kappa shape index (κ2) is 14.0. The summed E-state index contributed by atoms with van der Waals surface area (Å²) < 4.78 is 31.6. The van der Waals surface area contributed by atoms with Crippen molar-refractivity contribution < 1.29 is 13.5 Å². The van der Waals surface area contributed by atoms with E-state index in [1.54, 1.807) is 34.9 Å². The highest BCUT2D eigenvalue weighted by atomic mass is 127. The van der Waals surface area contributed by atoms with Crippen LogP contribution in [0.25, 0.3) is 0 Å². The second-order valence-corrected chi connectivity index (χ2v) is 6.98. The molecule has 31 heavy (non-hydrogen) atoms. The predicted octanol–water partition coefficient (Wildman–Crippen LogP) is 4.22. The number of alkyl halides is 2. The summed E-state index contributed by atoms with van der Waals surface area (Å²) in [7, 11) is 0. The first-order valence-corrected chi connectivity index (χ1v) is 10.1. The minimum atomic E-state index is -2.87. The summed E-state index contributed by atoms with van der Waals surface area (Å²) in [6, 6.07) is 10.3. The first-order valence-electron chi connectivity index (χ1n) is 10.1. The smallest absolute Gasteiger partial charge is 0.387 e. The van der Waals surface area contributed by atoms with Crippen molar-refractivity contribution in [2.75, 3.05) is 13.1 Å². The maximum Gasteiger partial charge on any atom is 0.387 e. The van der Waals surface area contributed by atoms with Gasteiger partial charge in [-0.15, -0.1) is 24.0 Å². The number of nitrogens with zero attached hydrogens (tertiary/aromatic N) is 2. The third-order valence-corrected chi connectivity index (χ3v) is 4.55. The van der Waals surface area contributed by atoms with E-state index < -0.39 is 6.61 Å². The lowest BCUT2D eigenvalue weighted by atomic mass is 10.1. The summed E-state index contributed by atoms with van der Waals surface area (Å²) in [5.41, 5.74) is 2.51. The number of aliphatic imine (C=N–C) groups is 1. The minimum absolute atomic E-state index is 0. The van der Waals surface area contributed by atoms with Gasteiger partial charge in [-0.1, -0.05) is 23.8 Å². The molecule has 0 radical (unpaired) electrons. The highest BCUT2D eigenvalue weighted by molar-refractivity contribution is 14.0. The van der Waals surface area contributed by atoms with Gasteiger partial charge in [-0.3, -0.25) is 4.79 Å². The first-order chi connectivity index (χ1) is 14.4. The lowest BCUT2D eigenvalue weighted by Crippen LogP contribution is -2.37. The number of guanidine groups is 1. The molecule has 0 amide bonds. The molecule has 0 saturated carbocycles. The number of halogens is 3. The predicted molar refractivity (Wildman–Crippen MR) is 131 cm³/mol. The Morgan fingerprint density at radius 3 is 2.61 bits per heavy atom. The lowest BCUT2D eigenvalue weighted by Gasteiger charge is -2.14. The van der Waals surface area contributed by atoms with Crippen LogP contribution in [0, 0.1) is 13.8 Å². The normalized spacial score (nSPS) is 11.2. The second-order valence-electron chi connectivity index (χ2n) is 6.98. The lowest BCUT2D eigenvalue weighted by molar-refractivity contribution is -0.0504. The quantitative estimate of drug-likeness (QED) is 0.202. The molecule has 0 spiro atoms. The van der Waals surface area contributed by atoms with Crippen LogP contribution < -0.4 is 20.9 Å². The number of rotatable bonds is 10. The standard InChI is InChI=1S/C22H30F2N4O2.HI/c1-4-25-22(26-12-5-6-13-28-17(3)8-7-9-20(28)29)27-15-18-14-16(2)10-11-19(18)30-21(23)24;/h7-11,14,21H,4-6,12-13,15H2,1-3H3,(H2,25,26,27);1H. The molecule has 0 unspecified atom stereocenters. The SMILES string of the molecule is CCNC(=NCc1cc(C)ccc1OC(F)F)NCCCCn1c(C)cccc1=O.I. The van der Waals surface area contributed by atoms with E-state index in [0.29, 0.717) is 31.2 Å². The Morgan fingerprint density at radius 1 is 1.16 bits per heavy atom. The fraction of sp³-hybridized carbons (Fsp3) is 0.455. The Balaban J connectivity index is 0.00000480. The molecule has 9 heteroatoms. The zero-order valence-electron chi connectivity index (χ0n) is 18.2. The van der Waals surface area contributed by atoms with E-state index in [1.165, 1.54) is 0 Å². The van der Waals surface area contributed by atoms with Gasteiger partial charge in [0.2, 0.25) is 0 Å². The van der Waals surface area contributed by atoms with Crippen molar-refractivity contribution in [2.24, 2.45) is 4.99 Å². The van der Waals surface area contributed by atoms with E-state index in [9.17, 15) is 13.6 Å². The van der Waals surface area contributed by atoms with Crippen molar-refractivity contribution in [3.63, 3.8) is 0 Å². The third kappa shape index (κ3) is 9.24. The van der Waals surface area contributed by atoms with Crippen LogP contribution >= 0.6 is 24.0 Å². The fourth-order valence-corrected chi connectivity index (χ4v) is 3.06. The molecule has 172 valence electrons. The summed E-state index contributed by atoms with van der Waals surface area (Å²) in [5.74, 6) is 0.744. The molecule has 0 aliphatic carbocycles. The van der Waals surface area contributed by atoms with Crippen LogP contribution in [0.1, 0.15) is 36.6 Å². The molecule has 0 aliphatic rings. The number of nitrogens with one attached hydrogen (secondary N) is 2. The van der Waals surface area contributed by atoms with E-state index in [4.69, 9.17) is 0 Å². The van der Waals surface area contributed by atoms with Crippen LogP contribution in [0.4, 0.5) is 8.78 Å². The van der Waals surface area contributed by atoms with Crippen LogP contribution in [0.3, 0.4) is 0 Å². The Bertz CT molecular complexity index is 903. The average molecular weight is 548 g/mol. The van der Waals surface area contributed by atoms with Crippen LogP contribution in [0.5, 0.6) is 5.75 Å². The van der Waals surface area contributed by atoms with E-state index in [-0.39, 0.29) is 41.8 Å². The number of ether oxygens (including phenoxy) is 1. The van der Waals surface area contributed by atoms with Gasteiger partial charge >= 0.3 is 6.61 Å². The molecule has 2 rings (SSSR count). The zero-order valence-corrected chi connectivity index (χ0v) is 20.5. The van der Waals surface area contributed by atoms with E-state index in [2.05, 4.69) is 20.4 Å². The van der Waals surface area contributed by atoms with Crippen LogP contribution in [-0.4, -0.2) is 30.2 Å². The molecule has 2 aromatic rings. The van der Waals surface area contributed by atoms with Gasteiger partial charge in [0, 0.05) is 37.0 Å². The Hall–Kier alpha value is -2.17. The van der Waals surface area contributed by atoms with Gasteiger partial charge in [-0.05, 0) is 45.7 Å². The number of benzene rings is 1. The Morgan fingerprint density at radius 2 is 1.94 bits per heavy atom. The van der Waals surface area contributed by atoms with Crippen molar-refractivity contribution in [3.8, 4) is 5.75 Å². The largest absolute Gasteiger partial charge is 0.434 e. The number of unbranched alkanes of at least 4 members (excludes halogenated alkanes) is 1. The number of hydrogen-bond donors (Lipinski definition) is 2. The molecule has 1 aromatic carbocycles. The van der Waals surface area contributed by atoms with Crippen LogP contribution in [0.2, 0.25) is 0 Å². The summed E-state index contributed by atoms with van der Waals surface area (Å²) in [5, 5.41) is 6.39. The van der Waals surface area contributed by atoms with Crippen LogP contribution in [0.15, 0.2) is 46.2 Å². The molecular weight excluding hydrogens is 517 g/mol. The van der Waals surface area contributed by atoms with Crippen molar-refractivity contribution in [3.05, 3.63) is 63.6 Å². The van der Waals surface area contributed by atoms with E-state index in [0.717, 1.165) is 24.1 Å². The number of aromatic nitrogens is 1. The van der Waals surface area contributed by atoms with Gasteiger partial charge < -0.3 is 19.9 Å². The highest BCUT2D eigenvalue weighted by Gasteiger charge is 2.10. The summed E-state index contributed by atoms with van der Waals surface area (Å²) in [4.78, 5) is 16.4. The Kier molecular flexibility index (Phi) is 12.1. The van der Waals surface area contributed by atoms with E-state index in [1.807, 2.05) is 26.8 Å². The summed E-state index contributed by atoms with van der Waals surface area (Å²) in [6.07, 6.45) is 1.71. The van der Waals surface area contributed by atoms with Crippen molar-refractivity contribution >= 4 is 29.9 Å². The van der Waals surface area contributed by atoms with Crippen molar-refractivity contribution in [1.82, 2.24) is 15.2 Å². The fourth-order valence-electron chi connectivity index (χ4n) is 3.06. The molecule has 0 bridgehead atoms. The molecule has 1 aromatic heterocycles. The third-order valence-electron chi connectivity index (χ3n) is 4.55. The Labute approximate surface area is 199 Å². The average Bonchev–Trinajstić information content (AvgIpc) is 2.69. The maximum atomic E-state index is 12.6. The number of aryl methyl sites for hydroxylation is 2. The molecule has 0 fully saturated rings. The van der Waals surface area contributed by atoms with Crippen LogP contribution in [-0.2, 0) is 13.1 Å². The highest BCUT2D eigenvalue weighted by Crippen LogP contribution is 2.22. The van der Waals surface area contributed by atoms with Gasteiger partial charge in [-0.25, -0.2) is 4.99 Å². The minimum Gasteiger partial charge on any atom is -0.434 e. The summed E-state index contributed by atoms with van der Waals surface area (Å²) >= 11 is 0. The molecule has 1 heterocycles. The van der Waals surface area contributed by atoms with Gasteiger partial charge in [0.1, 0.15) is 5.75 Å². The first kappa shape index (κ1) is 26.9. The number of pyridine rings is 1. The molecule has 0 atom stereocenters.